The molecule has 1 aromatic rings. The van der Waals surface area contributed by atoms with Crippen molar-refractivity contribution in [3.63, 3.8) is 0 Å². The van der Waals surface area contributed by atoms with E-state index in [2.05, 4.69) is 4.72 Å². The van der Waals surface area contributed by atoms with Gasteiger partial charge in [0.1, 0.15) is 6.61 Å². The molecule has 0 aliphatic carbocycles. The van der Waals surface area contributed by atoms with Gasteiger partial charge < -0.3 is 14.4 Å². The zero-order valence-electron chi connectivity index (χ0n) is 17.2. The Labute approximate surface area is 184 Å². The summed E-state index contributed by atoms with van der Waals surface area (Å²) >= 11 is 1.15. The molecule has 0 unspecified atom stereocenters. The number of likely N-dealkylation sites (tertiary alicyclic amines) is 1. The minimum atomic E-state index is -3.30. The largest absolute Gasteiger partial charge is 0.445 e. The van der Waals surface area contributed by atoms with Gasteiger partial charge in [-0.25, -0.2) is 17.9 Å². The molecule has 0 radical (unpaired) electrons. The van der Waals surface area contributed by atoms with Crippen LogP contribution in [-0.4, -0.2) is 73.3 Å². The molecule has 1 fully saturated rings. The molecule has 1 saturated heterocycles. The van der Waals surface area contributed by atoms with Crippen molar-refractivity contribution in [2.75, 3.05) is 32.6 Å². The summed E-state index contributed by atoms with van der Waals surface area (Å²) in [7, 11) is -3.30. The molecule has 1 N–H and O–H groups in total. The lowest BCUT2D eigenvalue weighted by Gasteiger charge is -2.23. The molecule has 1 aromatic carbocycles. The molecule has 0 spiro atoms. The first-order valence-electron chi connectivity index (χ1n) is 9.41. The van der Waals surface area contributed by atoms with Crippen molar-refractivity contribution < 1.29 is 32.4 Å². The van der Waals surface area contributed by atoms with Gasteiger partial charge in [0, 0.05) is 37.4 Å². The molecule has 31 heavy (non-hydrogen) atoms. The number of hydrogen-bond acceptors (Lipinski definition) is 9. The first kappa shape index (κ1) is 25.0. The highest BCUT2D eigenvalue weighted by Crippen LogP contribution is 2.29. The third-order valence-electron chi connectivity index (χ3n) is 4.37. The minimum Gasteiger partial charge on any atom is -0.445 e. The van der Waals surface area contributed by atoms with Crippen LogP contribution in [0.2, 0.25) is 0 Å². The predicted octanol–water partition coefficient (Wildman–Crippen LogP) is 1.52. The van der Waals surface area contributed by atoms with Gasteiger partial charge in [0.25, 0.3) is 5.69 Å². The second-order valence-corrected chi connectivity index (χ2v) is 10.3. The van der Waals surface area contributed by atoms with Crippen LogP contribution in [0.5, 0.6) is 0 Å². The number of carbonyl (C=O) groups excluding carboxylic acids is 2. The smallest absolute Gasteiger partial charge is 0.410 e. The molecule has 13 heteroatoms. The Morgan fingerprint density at radius 2 is 2.00 bits per heavy atom. The predicted molar refractivity (Wildman–Crippen MR) is 114 cm³/mol. The Morgan fingerprint density at radius 1 is 1.32 bits per heavy atom. The fraction of sp³-hybridized carbons (Fsp3) is 0.556. The summed E-state index contributed by atoms with van der Waals surface area (Å²) in [4.78, 5) is 35.8. The molecule has 0 bridgehead atoms. The van der Waals surface area contributed by atoms with E-state index in [1.54, 1.807) is 0 Å². The Kier molecular flexibility index (Phi) is 9.22. The molecule has 1 aliphatic heterocycles. The summed E-state index contributed by atoms with van der Waals surface area (Å²) in [6.07, 6.45) is 1.01. The molecular weight excluding hydrogens is 450 g/mol. The van der Waals surface area contributed by atoms with E-state index in [1.165, 1.54) is 36.1 Å². The van der Waals surface area contributed by atoms with Crippen molar-refractivity contribution in [3.8, 4) is 0 Å². The Hall–Kier alpha value is -2.22. The van der Waals surface area contributed by atoms with Crippen LogP contribution in [0.15, 0.2) is 24.3 Å². The first-order valence-corrected chi connectivity index (χ1v) is 12.2. The normalized spacial score (nSPS) is 18.7. The van der Waals surface area contributed by atoms with Gasteiger partial charge in [0.2, 0.25) is 10.0 Å². The van der Waals surface area contributed by atoms with Gasteiger partial charge in [-0.1, -0.05) is 11.8 Å². The number of thioether (sulfide) groups is 1. The molecule has 1 aliphatic rings. The zero-order valence-corrected chi connectivity index (χ0v) is 18.8. The standard InChI is InChI=1S/C18H25N3O8S2/c1-13(22)30-17-9-16(12-28-8-7-19-31(2,26)27)20(10-17)18(23)29-11-14-3-5-15(6-4-14)21(24)25/h3-6,16-17,19H,7-12H2,1-2H3/t16-,17-/m0/s1. The van der Waals surface area contributed by atoms with Crippen molar-refractivity contribution >= 4 is 38.7 Å². The summed E-state index contributed by atoms with van der Waals surface area (Å²) in [6.45, 7) is 2.15. The second-order valence-electron chi connectivity index (χ2n) is 6.99. The number of nitro benzene ring substituents is 1. The van der Waals surface area contributed by atoms with Crippen LogP contribution in [0, 0.1) is 10.1 Å². The van der Waals surface area contributed by atoms with E-state index in [1.807, 2.05) is 0 Å². The topological polar surface area (TPSA) is 145 Å². The lowest BCUT2D eigenvalue weighted by molar-refractivity contribution is -0.384. The van der Waals surface area contributed by atoms with E-state index in [0.29, 0.717) is 18.5 Å². The molecule has 172 valence electrons. The van der Waals surface area contributed by atoms with Gasteiger partial charge in [0.05, 0.1) is 30.4 Å². The number of amides is 1. The Bertz CT molecular complexity index is 892. The highest BCUT2D eigenvalue weighted by molar-refractivity contribution is 8.14. The van der Waals surface area contributed by atoms with E-state index in [4.69, 9.17) is 9.47 Å². The van der Waals surface area contributed by atoms with Crippen LogP contribution in [-0.2, 0) is 30.9 Å². The summed E-state index contributed by atoms with van der Waals surface area (Å²) < 4.78 is 35.3. The first-order chi connectivity index (χ1) is 14.5. The van der Waals surface area contributed by atoms with Crippen molar-refractivity contribution in [2.24, 2.45) is 0 Å². The number of non-ortho nitro benzene ring substituents is 1. The van der Waals surface area contributed by atoms with Crippen LogP contribution >= 0.6 is 11.8 Å². The highest BCUT2D eigenvalue weighted by Gasteiger charge is 2.37. The second kappa shape index (κ2) is 11.4. The number of nitrogens with one attached hydrogen (secondary N) is 1. The van der Waals surface area contributed by atoms with E-state index in [-0.39, 0.29) is 48.5 Å². The summed E-state index contributed by atoms with van der Waals surface area (Å²) in [5, 5.41) is 10.6. The molecule has 0 saturated carbocycles. The van der Waals surface area contributed by atoms with Crippen molar-refractivity contribution in [3.05, 3.63) is 39.9 Å². The molecule has 1 amide bonds. The van der Waals surface area contributed by atoms with Gasteiger partial charge >= 0.3 is 6.09 Å². The minimum absolute atomic E-state index is 0.0519. The van der Waals surface area contributed by atoms with Gasteiger partial charge in [-0.3, -0.25) is 14.9 Å². The Morgan fingerprint density at radius 3 is 2.58 bits per heavy atom. The number of nitro groups is 1. The lowest BCUT2D eigenvalue weighted by Crippen LogP contribution is -2.39. The summed E-state index contributed by atoms with van der Waals surface area (Å²) in [5.74, 6) is 0. The average molecular weight is 476 g/mol. The number of sulfonamides is 1. The van der Waals surface area contributed by atoms with E-state index >= 15 is 0 Å². The number of benzene rings is 1. The SMILES string of the molecule is CC(=O)S[C@H]1C[C@@H](COCCNS(C)(=O)=O)N(C(=O)OCc2ccc([N+](=O)[O-])cc2)C1. The van der Waals surface area contributed by atoms with Gasteiger partial charge in [-0.2, -0.15) is 0 Å². The van der Waals surface area contributed by atoms with Gasteiger partial charge in [0.15, 0.2) is 5.12 Å². The highest BCUT2D eigenvalue weighted by atomic mass is 32.2. The monoisotopic (exact) mass is 475 g/mol. The number of rotatable bonds is 10. The van der Waals surface area contributed by atoms with Crippen LogP contribution in [0.3, 0.4) is 0 Å². The lowest BCUT2D eigenvalue weighted by atomic mass is 10.2. The van der Waals surface area contributed by atoms with Gasteiger partial charge in [-0.05, 0) is 24.1 Å². The molecule has 2 rings (SSSR count). The summed E-state index contributed by atoms with van der Waals surface area (Å²) in [6, 6.07) is 5.37. The van der Waals surface area contributed by atoms with Crippen LogP contribution in [0.1, 0.15) is 18.9 Å². The third-order valence-corrected chi connectivity index (χ3v) is 6.11. The van der Waals surface area contributed by atoms with E-state index < -0.39 is 21.0 Å². The number of hydrogen-bond donors (Lipinski definition) is 1. The number of nitrogens with zero attached hydrogens (tertiary/aromatic N) is 2. The fourth-order valence-electron chi connectivity index (χ4n) is 3.04. The van der Waals surface area contributed by atoms with Crippen molar-refractivity contribution in [2.45, 2.75) is 31.2 Å². The molecular formula is C18H25N3O8S2. The van der Waals surface area contributed by atoms with Crippen molar-refractivity contribution in [1.29, 1.82) is 0 Å². The molecule has 0 aromatic heterocycles. The molecule has 2 atom stereocenters. The molecule has 1 heterocycles. The molecule has 11 nitrogen and oxygen atoms in total. The van der Waals surface area contributed by atoms with E-state index in [9.17, 15) is 28.1 Å². The Balaban J connectivity index is 1.90. The van der Waals surface area contributed by atoms with Crippen molar-refractivity contribution in [1.82, 2.24) is 9.62 Å². The number of carbonyl (C=O) groups is 2. The van der Waals surface area contributed by atoms with Crippen LogP contribution in [0.4, 0.5) is 10.5 Å². The van der Waals surface area contributed by atoms with Crippen LogP contribution < -0.4 is 4.72 Å². The average Bonchev–Trinajstić information content (AvgIpc) is 3.07. The maximum Gasteiger partial charge on any atom is 0.410 e. The fourth-order valence-corrected chi connectivity index (χ4v) is 4.51. The third kappa shape index (κ3) is 8.81. The maximum absolute atomic E-state index is 12.6. The summed E-state index contributed by atoms with van der Waals surface area (Å²) in [5.41, 5.74) is 0.550. The quantitative estimate of drug-likeness (QED) is 0.302. The zero-order chi connectivity index (χ0) is 23.0. The number of ether oxygens (including phenoxy) is 2. The maximum atomic E-state index is 12.6. The van der Waals surface area contributed by atoms with E-state index in [0.717, 1.165) is 18.0 Å². The van der Waals surface area contributed by atoms with Gasteiger partial charge in [-0.15, -0.1) is 0 Å². The van der Waals surface area contributed by atoms with Crippen LogP contribution in [0.25, 0.3) is 0 Å².